The third-order valence-electron chi connectivity index (χ3n) is 3.76. The molecule has 0 aliphatic heterocycles. The van der Waals surface area contributed by atoms with Crippen LogP contribution in [0.25, 0.3) is 0 Å². The van der Waals surface area contributed by atoms with Gasteiger partial charge in [0.25, 0.3) is 0 Å². The molecule has 0 heterocycles. The second-order valence-corrected chi connectivity index (χ2v) is 6.60. The highest BCUT2D eigenvalue weighted by molar-refractivity contribution is 5.75. The van der Waals surface area contributed by atoms with Crippen LogP contribution in [0.3, 0.4) is 0 Å². The van der Waals surface area contributed by atoms with E-state index in [9.17, 15) is 9.59 Å². The number of likely N-dealkylation sites (N-methyl/N-ethyl adjacent to an activating group) is 2. The van der Waals surface area contributed by atoms with E-state index in [4.69, 9.17) is 32.5 Å². The Kier molecular flexibility index (Phi) is 15.2. The van der Waals surface area contributed by atoms with Crippen LogP contribution in [0.1, 0.15) is 25.7 Å². The zero-order valence-corrected chi connectivity index (χ0v) is 17.2. The average molecular weight is 405 g/mol. The molecule has 2 atom stereocenters. The van der Waals surface area contributed by atoms with Gasteiger partial charge in [-0.15, -0.1) is 0 Å². The van der Waals surface area contributed by atoms with Crippen LogP contribution < -0.4 is 22.1 Å². The lowest BCUT2D eigenvalue weighted by molar-refractivity contribution is -0.143. The van der Waals surface area contributed by atoms with E-state index in [2.05, 4.69) is 10.6 Å². The number of nitrogens with two attached hydrogens (primary N) is 2. The number of carboxylic acid groups (broad SMARTS) is 2. The number of nitrogens with one attached hydrogen (secondary N) is 4. The van der Waals surface area contributed by atoms with Gasteiger partial charge in [0.1, 0.15) is 12.1 Å². The number of guanidine groups is 2. The van der Waals surface area contributed by atoms with Gasteiger partial charge in [-0.1, -0.05) is 0 Å². The zero-order valence-electron chi connectivity index (χ0n) is 17.2. The monoisotopic (exact) mass is 404 g/mol. The van der Waals surface area contributed by atoms with E-state index < -0.39 is 24.0 Å². The molecule has 0 aromatic heterocycles. The van der Waals surface area contributed by atoms with Crippen LogP contribution in [-0.4, -0.2) is 97.2 Å². The van der Waals surface area contributed by atoms with Crippen molar-refractivity contribution in [1.82, 2.24) is 20.4 Å². The van der Waals surface area contributed by atoms with Crippen LogP contribution in [0, 0.1) is 10.8 Å². The van der Waals surface area contributed by atoms with Gasteiger partial charge in [0.15, 0.2) is 11.9 Å². The molecule has 0 radical (unpaired) electrons. The Morgan fingerprint density at radius 1 is 0.821 bits per heavy atom. The van der Waals surface area contributed by atoms with Crippen molar-refractivity contribution in [3.05, 3.63) is 0 Å². The van der Waals surface area contributed by atoms with Crippen LogP contribution in [0.5, 0.6) is 0 Å². The molecule has 0 aliphatic carbocycles. The van der Waals surface area contributed by atoms with Crippen LogP contribution in [-0.2, 0) is 9.59 Å². The second-order valence-electron chi connectivity index (χ2n) is 6.60. The first-order chi connectivity index (χ1) is 12.9. The largest absolute Gasteiger partial charge is 0.480 e. The van der Waals surface area contributed by atoms with Gasteiger partial charge in [0, 0.05) is 13.1 Å². The van der Waals surface area contributed by atoms with Gasteiger partial charge in [0.05, 0.1) is 0 Å². The number of rotatable bonds is 12. The molecule has 0 fully saturated rings. The molecular formula is C16H36N8O4. The summed E-state index contributed by atoms with van der Waals surface area (Å²) in [5, 5.41) is 36.7. The molecule has 12 heteroatoms. The number of aliphatic carboxylic acids is 2. The normalized spacial score (nSPS) is 12.5. The minimum Gasteiger partial charge on any atom is -0.480 e. The maximum absolute atomic E-state index is 10.7. The lowest BCUT2D eigenvalue weighted by Gasteiger charge is -2.19. The quantitative estimate of drug-likeness (QED) is 0.108. The summed E-state index contributed by atoms with van der Waals surface area (Å²) >= 11 is 0. The number of carboxylic acids is 2. The summed E-state index contributed by atoms with van der Waals surface area (Å²) in [5.74, 6) is -1.81. The summed E-state index contributed by atoms with van der Waals surface area (Å²) < 4.78 is 0. The van der Waals surface area contributed by atoms with E-state index in [-0.39, 0.29) is 11.9 Å². The number of carbonyl (C=O) groups is 2. The average Bonchev–Trinajstić information content (AvgIpc) is 2.52. The fourth-order valence-corrected chi connectivity index (χ4v) is 2.24. The van der Waals surface area contributed by atoms with Crippen molar-refractivity contribution in [3.63, 3.8) is 0 Å². The van der Waals surface area contributed by atoms with E-state index >= 15 is 0 Å². The Morgan fingerprint density at radius 3 is 1.29 bits per heavy atom. The molecule has 28 heavy (non-hydrogen) atoms. The summed E-state index contributed by atoms with van der Waals surface area (Å²) in [6.45, 7) is 1.07. The van der Waals surface area contributed by atoms with E-state index in [1.807, 2.05) is 0 Å². The Morgan fingerprint density at radius 2 is 1.11 bits per heavy atom. The first-order valence-corrected chi connectivity index (χ1v) is 8.84. The van der Waals surface area contributed by atoms with Crippen LogP contribution in [0.15, 0.2) is 0 Å². The minimum atomic E-state index is -0.821. The standard InChI is InChI=1S/2C8H18N4O2/c2*1-12(2)6(7(13)14)4-3-5-11-8(9)10/h2*6H,3-5H2,1-2H3,(H,13,14)(H4,9,10,11)/t6-;/m0./s1. The number of hydrogen-bond donors (Lipinski definition) is 8. The Bertz CT molecular complexity index is 455. The van der Waals surface area contributed by atoms with Gasteiger partial charge >= 0.3 is 11.9 Å². The summed E-state index contributed by atoms with van der Waals surface area (Å²) in [6, 6.07) is -0.937. The molecule has 164 valence electrons. The molecule has 10 N–H and O–H groups in total. The molecule has 0 aliphatic rings. The molecule has 0 amide bonds. The highest BCUT2D eigenvalue weighted by Gasteiger charge is 2.19. The molecule has 1 unspecified atom stereocenters. The number of nitrogens with zero attached hydrogens (tertiary/aromatic N) is 2. The predicted molar refractivity (Wildman–Crippen MR) is 109 cm³/mol. The smallest absolute Gasteiger partial charge is 0.320 e. The van der Waals surface area contributed by atoms with Gasteiger partial charge in [-0.3, -0.25) is 30.2 Å². The maximum atomic E-state index is 10.7. The Labute approximate surface area is 166 Å². The predicted octanol–water partition coefficient (Wildman–Crippen LogP) is -1.47. The fraction of sp³-hybridized carbons (Fsp3) is 0.750. The molecule has 0 rings (SSSR count). The number of hydrogen-bond acceptors (Lipinski definition) is 6. The van der Waals surface area contributed by atoms with Crippen molar-refractivity contribution in [2.75, 3.05) is 41.3 Å². The first-order valence-electron chi connectivity index (χ1n) is 8.84. The van der Waals surface area contributed by atoms with Crippen molar-refractivity contribution in [2.24, 2.45) is 11.5 Å². The highest BCUT2D eigenvalue weighted by atomic mass is 16.4. The Balaban J connectivity index is 0. The first kappa shape index (κ1) is 27.6. The van der Waals surface area contributed by atoms with Gasteiger partial charge < -0.3 is 32.3 Å². The molecule has 0 saturated carbocycles. The molecule has 0 bridgehead atoms. The SMILES string of the molecule is CN(C)C(CCCNC(=N)N)C(=O)O.CN(C)[C@@H](CCCNC(=N)N)C(=O)O. The third-order valence-corrected chi connectivity index (χ3v) is 3.76. The summed E-state index contributed by atoms with van der Waals surface area (Å²) in [7, 11) is 6.93. The van der Waals surface area contributed by atoms with Gasteiger partial charge in [-0.2, -0.15) is 0 Å². The zero-order chi connectivity index (χ0) is 22.3. The van der Waals surface area contributed by atoms with Crippen molar-refractivity contribution in [3.8, 4) is 0 Å². The van der Waals surface area contributed by atoms with Crippen LogP contribution in [0.2, 0.25) is 0 Å². The lowest BCUT2D eigenvalue weighted by atomic mass is 10.1. The van der Waals surface area contributed by atoms with Crippen LogP contribution >= 0.6 is 0 Å². The molecule has 0 aromatic rings. The fourth-order valence-electron chi connectivity index (χ4n) is 2.24. The minimum absolute atomic E-state index is 0.0817. The van der Waals surface area contributed by atoms with E-state index in [0.29, 0.717) is 38.8 Å². The highest BCUT2D eigenvalue weighted by Crippen LogP contribution is 2.03. The molecule has 0 spiro atoms. The second kappa shape index (κ2) is 15.5. The van der Waals surface area contributed by atoms with Crippen LogP contribution in [0.4, 0.5) is 0 Å². The van der Waals surface area contributed by atoms with E-state index in [1.54, 1.807) is 38.0 Å². The van der Waals surface area contributed by atoms with Crippen molar-refractivity contribution in [1.29, 1.82) is 10.8 Å². The molecule has 0 aromatic carbocycles. The van der Waals surface area contributed by atoms with Gasteiger partial charge in [-0.25, -0.2) is 0 Å². The van der Waals surface area contributed by atoms with Crippen molar-refractivity contribution < 1.29 is 19.8 Å². The lowest BCUT2D eigenvalue weighted by Crippen LogP contribution is -2.37. The molecular weight excluding hydrogens is 368 g/mol. The summed E-state index contributed by atoms with van der Waals surface area (Å²) in [5.41, 5.74) is 10.1. The van der Waals surface area contributed by atoms with Gasteiger partial charge in [0.2, 0.25) is 0 Å². The van der Waals surface area contributed by atoms with Gasteiger partial charge in [-0.05, 0) is 53.9 Å². The van der Waals surface area contributed by atoms with Crippen molar-refractivity contribution >= 4 is 23.9 Å². The topological polar surface area (TPSA) is 205 Å². The summed E-state index contributed by atoms with van der Waals surface area (Å²) in [4.78, 5) is 24.8. The van der Waals surface area contributed by atoms with Crippen molar-refractivity contribution in [2.45, 2.75) is 37.8 Å². The molecule has 12 nitrogen and oxygen atoms in total. The van der Waals surface area contributed by atoms with E-state index in [1.165, 1.54) is 0 Å². The summed E-state index contributed by atoms with van der Waals surface area (Å²) in [6.07, 6.45) is 2.44. The van der Waals surface area contributed by atoms with E-state index in [0.717, 1.165) is 0 Å². The maximum Gasteiger partial charge on any atom is 0.320 e. The molecule has 0 saturated heterocycles. The third kappa shape index (κ3) is 15.6. The Hall–Kier alpha value is -2.60.